The van der Waals surface area contributed by atoms with E-state index < -0.39 is 27.4 Å². The lowest BCUT2D eigenvalue weighted by atomic mass is 9.74. The molecule has 2 fully saturated rings. The minimum Gasteiger partial charge on any atom is -0.494 e. The molecule has 1 spiro atoms. The Labute approximate surface area is 260 Å². The highest BCUT2D eigenvalue weighted by Crippen LogP contribution is 2.65. The molecule has 0 bridgehead atoms. The van der Waals surface area contributed by atoms with E-state index in [4.69, 9.17) is 4.74 Å². The molecule has 1 aromatic rings. The molecule has 5 rings (SSSR count). The number of likely N-dealkylation sites (tertiary alicyclic amines) is 1. The molecule has 0 radical (unpaired) electrons. The first-order valence-electron chi connectivity index (χ1n) is 16.0. The first-order valence-corrected chi connectivity index (χ1v) is 16.9. The number of unbranched alkanes of at least 4 members (excludes halogenated alkanes) is 3. The van der Waals surface area contributed by atoms with E-state index in [0.717, 1.165) is 50.0 Å². The van der Waals surface area contributed by atoms with Gasteiger partial charge >= 0.3 is 0 Å². The van der Waals surface area contributed by atoms with Crippen LogP contribution in [0.5, 0.6) is 5.75 Å². The van der Waals surface area contributed by atoms with Crippen LogP contribution in [0.2, 0.25) is 0 Å². The van der Waals surface area contributed by atoms with Crippen molar-refractivity contribution in [1.29, 1.82) is 0 Å². The molecule has 3 amide bonds. The fourth-order valence-electron chi connectivity index (χ4n) is 7.62. The Bertz CT molecular complexity index is 1250. The van der Waals surface area contributed by atoms with Crippen LogP contribution in [0.4, 0.5) is 5.69 Å². The first kappa shape index (κ1) is 31.6. The zero-order chi connectivity index (χ0) is 30.8. The molecule has 8 nitrogen and oxygen atoms in total. The number of nitrogens with zero attached hydrogens (tertiary/aromatic N) is 3. The largest absolute Gasteiger partial charge is 0.494 e. The van der Waals surface area contributed by atoms with Gasteiger partial charge in [-0.1, -0.05) is 50.5 Å². The maximum Gasteiger partial charge on any atom is 0.247 e. The number of aliphatic hydroxyl groups is 1. The lowest BCUT2D eigenvalue weighted by Gasteiger charge is -2.38. The maximum atomic E-state index is 14.6. The molecule has 43 heavy (non-hydrogen) atoms. The van der Waals surface area contributed by atoms with E-state index in [1.807, 2.05) is 47.1 Å². The molecule has 0 aliphatic carbocycles. The second-order valence-corrected chi connectivity index (χ2v) is 14.3. The topological polar surface area (TPSA) is 90.4 Å². The van der Waals surface area contributed by atoms with Crippen LogP contribution in [-0.2, 0) is 14.4 Å². The van der Waals surface area contributed by atoms with Crippen LogP contribution in [0.25, 0.3) is 0 Å². The maximum absolute atomic E-state index is 14.6. The summed E-state index contributed by atoms with van der Waals surface area (Å²) >= 11 is 1.64. The van der Waals surface area contributed by atoms with Crippen molar-refractivity contribution in [2.24, 2.45) is 11.8 Å². The van der Waals surface area contributed by atoms with Gasteiger partial charge in [0.2, 0.25) is 17.7 Å². The number of fused-ring (bicyclic) bond motifs is 2. The quantitative estimate of drug-likeness (QED) is 0.270. The van der Waals surface area contributed by atoms with Gasteiger partial charge in [-0.15, -0.1) is 11.8 Å². The Morgan fingerprint density at radius 3 is 2.37 bits per heavy atom. The molecule has 234 valence electrons. The summed E-state index contributed by atoms with van der Waals surface area (Å²) < 4.78 is 4.14. The Kier molecular flexibility index (Phi) is 9.61. The van der Waals surface area contributed by atoms with Gasteiger partial charge in [-0.2, -0.15) is 0 Å². The molecule has 0 saturated carbocycles. The lowest BCUT2D eigenvalue weighted by molar-refractivity contribution is -0.144. The van der Waals surface area contributed by atoms with Gasteiger partial charge in [-0.3, -0.25) is 14.4 Å². The van der Waals surface area contributed by atoms with E-state index >= 15 is 0 Å². The number of aliphatic hydroxyl groups excluding tert-OH is 1. The second-order valence-electron chi connectivity index (χ2n) is 12.5. The van der Waals surface area contributed by atoms with Crippen molar-refractivity contribution in [3.8, 4) is 5.75 Å². The van der Waals surface area contributed by atoms with Gasteiger partial charge in [-0.05, 0) is 64.3 Å². The minimum absolute atomic E-state index is 0.00971. The third-order valence-corrected chi connectivity index (χ3v) is 11.4. The Balaban J connectivity index is 1.53. The zero-order valence-corrected chi connectivity index (χ0v) is 26.9. The van der Waals surface area contributed by atoms with Crippen LogP contribution in [0.15, 0.2) is 48.6 Å². The molecule has 4 aliphatic heterocycles. The lowest BCUT2D eigenvalue weighted by Crippen LogP contribution is -2.55. The Hall–Kier alpha value is -2.78. The van der Waals surface area contributed by atoms with Crippen LogP contribution in [0.1, 0.15) is 66.2 Å². The van der Waals surface area contributed by atoms with Gasteiger partial charge in [0.15, 0.2) is 0 Å². The van der Waals surface area contributed by atoms with E-state index in [1.54, 1.807) is 16.7 Å². The normalized spacial score (nSPS) is 30.7. The van der Waals surface area contributed by atoms with Gasteiger partial charge in [-0.25, -0.2) is 0 Å². The number of ether oxygens (including phenoxy) is 1. The molecule has 1 N–H and O–H groups in total. The highest BCUT2D eigenvalue weighted by Gasteiger charge is 2.74. The number of hydrogen-bond acceptors (Lipinski definition) is 6. The number of hydrogen-bond donors (Lipinski definition) is 1. The van der Waals surface area contributed by atoms with Gasteiger partial charge in [0.1, 0.15) is 11.8 Å². The van der Waals surface area contributed by atoms with Crippen LogP contribution >= 0.6 is 11.8 Å². The van der Waals surface area contributed by atoms with Crippen molar-refractivity contribution < 1.29 is 24.2 Å². The fraction of sp³-hybridized carbons (Fsp3) is 0.618. The molecule has 4 heterocycles. The Morgan fingerprint density at radius 1 is 0.953 bits per heavy atom. The molecule has 0 aromatic heterocycles. The van der Waals surface area contributed by atoms with Gasteiger partial charge in [0, 0.05) is 42.7 Å². The number of benzene rings is 1. The van der Waals surface area contributed by atoms with E-state index in [9.17, 15) is 19.5 Å². The predicted molar refractivity (Wildman–Crippen MR) is 171 cm³/mol. The number of amides is 3. The monoisotopic (exact) mass is 609 g/mol. The smallest absolute Gasteiger partial charge is 0.247 e. The standard InChI is InChI=1S/C34H47N3O5S/c1-5-13-24(3)35-21-12-19-34-28(31(40)37(29(34)32(35)41)20-9-7-8-10-23-38)27-30(39)36(22-11-18-33(27,4)43-34)25-14-16-26(17-15-25)42-6-2/h11-12,14-19,24,27-29,38H,5-10,13,20-23H2,1-4H3/t24?,27-,28+,29?,33+,34+/m1/s1. The molecular formula is C34H47N3O5S. The third kappa shape index (κ3) is 5.63. The zero-order valence-electron chi connectivity index (χ0n) is 26.0. The van der Waals surface area contributed by atoms with Crippen molar-refractivity contribution in [3.05, 3.63) is 48.6 Å². The number of rotatable bonds is 12. The summed E-state index contributed by atoms with van der Waals surface area (Å²) in [6, 6.07) is 6.95. The summed E-state index contributed by atoms with van der Waals surface area (Å²) in [6.07, 6.45) is 13.4. The number of anilines is 1. The minimum atomic E-state index is -0.832. The third-order valence-electron chi connectivity index (χ3n) is 9.59. The molecule has 1 aromatic carbocycles. The number of thioether (sulfide) groups is 1. The van der Waals surface area contributed by atoms with E-state index in [-0.39, 0.29) is 30.4 Å². The summed E-state index contributed by atoms with van der Waals surface area (Å²) in [7, 11) is 0. The summed E-state index contributed by atoms with van der Waals surface area (Å²) in [6.45, 7) is 10.3. The second kappa shape index (κ2) is 13.1. The predicted octanol–water partition coefficient (Wildman–Crippen LogP) is 4.82. The average Bonchev–Trinajstić information content (AvgIpc) is 3.24. The van der Waals surface area contributed by atoms with Crippen LogP contribution in [-0.4, -0.2) is 87.1 Å². The SMILES string of the molecule is CCCC(C)N1CC=C[C@]23S[C@@]4(C)C=CCN(c5ccc(OCC)cc5)C(=O)[C@H]4[C@H]2C(=O)N(CCCCCCO)C3C1=O. The molecule has 6 atom stereocenters. The van der Waals surface area contributed by atoms with Crippen LogP contribution < -0.4 is 9.64 Å². The van der Waals surface area contributed by atoms with E-state index in [2.05, 4.69) is 39.0 Å². The van der Waals surface area contributed by atoms with Gasteiger partial charge in [0.05, 0.1) is 23.2 Å². The summed E-state index contributed by atoms with van der Waals surface area (Å²) in [5.74, 6) is -0.696. The van der Waals surface area contributed by atoms with Crippen molar-refractivity contribution in [1.82, 2.24) is 9.80 Å². The highest BCUT2D eigenvalue weighted by molar-refractivity contribution is 8.02. The summed E-state index contributed by atoms with van der Waals surface area (Å²) in [4.78, 5) is 49.2. The Morgan fingerprint density at radius 2 is 1.67 bits per heavy atom. The van der Waals surface area contributed by atoms with Crippen molar-refractivity contribution >= 4 is 35.2 Å². The van der Waals surface area contributed by atoms with Crippen LogP contribution in [0, 0.1) is 11.8 Å². The fourth-order valence-corrected chi connectivity index (χ4v) is 9.78. The molecular weight excluding hydrogens is 562 g/mol. The molecule has 2 unspecified atom stereocenters. The van der Waals surface area contributed by atoms with Crippen molar-refractivity contribution in [3.63, 3.8) is 0 Å². The van der Waals surface area contributed by atoms with Gasteiger partial charge in [0.25, 0.3) is 0 Å². The van der Waals surface area contributed by atoms with Gasteiger partial charge < -0.3 is 24.5 Å². The number of carbonyl (C=O) groups is 3. The molecule has 4 aliphatic rings. The van der Waals surface area contributed by atoms with Crippen molar-refractivity contribution in [2.75, 3.05) is 37.7 Å². The van der Waals surface area contributed by atoms with Crippen molar-refractivity contribution in [2.45, 2.75) is 87.8 Å². The molecule has 9 heteroatoms. The van der Waals surface area contributed by atoms with Crippen LogP contribution in [0.3, 0.4) is 0 Å². The van der Waals surface area contributed by atoms with E-state index in [1.165, 1.54) is 0 Å². The molecule has 2 saturated heterocycles. The first-order chi connectivity index (χ1) is 20.7. The summed E-state index contributed by atoms with van der Waals surface area (Å²) in [5, 5.41) is 9.22. The highest BCUT2D eigenvalue weighted by atomic mass is 32.2. The average molecular weight is 610 g/mol. The van der Waals surface area contributed by atoms with E-state index in [0.29, 0.717) is 26.2 Å². The summed E-state index contributed by atoms with van der Waals surface area (Å²) in [5.41, 5.74) is 0.767. The number of carbonyl (C=O) groups excluding carboxylic acids is 3.